The van der Waals surface area contributed by atoms with Gasteiger partial charge in [0.2, 0.25) is 5.91 Å². The molecule has 0 spiro atoms. The minimum absolute atomic E-state index is 0.00143. The molecule has 0 bridgehead atoms. The van der Waals surface area contributed by atoms with Gasteiger partial charge in [0.25, 0.3) is 0 Å². The Kier molecular flexibility index (Phi) is 8.10. The number of carbonyl (C=O) groups excluding carboxylic acids is 1. The molecule has 1 aromatic rings. The van der Waals surface area contributed by atoms with Crippen molar-refractivity contribution < 1.29 is 40.3 Å². The lowest BCUT2D eigenvalue weighted by Gasteiger charge is -2.36. The Labute approximate surface area is 200 Å². The minimum Gasteiger partial charge on any atom is -0.378 e. The van der Waals surface area contributed by atoms with E-state index in [9.17, 15) is 35.5 Å². The van der Waals surface area contributed by atoms with Crippen LogP contribution >= 0.6 is 0 Å². The minimum atomic E-state index is -4.96. The SMILES string of the molecule is CC1COCC(F)C1N[C@@H]1CC[C@@](C(=O)NCc2cc(C(F)(F)F)cc(C(F)(F)F)c2)(C(C)C)C1. The van der Waals surface area contributed by atoms with Gasteiger partial charge in [-0.3, -0.25) is 4.79 Å². The first-order valence-electron chi connectivity index (χ1n) is 11.7. The Morgan fingerprint density at radius 1 is 1.09 bits per heavy atom. The third-order valence-corrected chi connectivity index (χ3v) is 7.30. The van der Waals surface area contributed by atoms with Crippen molar-refractivity contribution in [2.45, 2.75) is 77.2 Å². The van der Waals surface area contributed by atoms with E-state index < -0.39 is 53.6 Å². The lowest BCUT2D eigenvalue weighted by atomic mass is 9.74. The molecule has 2 aliphatic rings. The first-order chi connectivity index (χ1) is 16.1. The fourth-order valence-corrected chi connectivity index (χ4v) is 5.16. The number of ether oxygens (including phenoxy) is 1. The van der Waals surface area contributed by atoms with E-state index in [4.69, 9.17) is 4.74 Å². The van der Waals surface area contributed by atoms with E-state index in [-0.39, 0.29) is 36.1 Å². The Hall–Kier alpha value is -1.88. The molecular formula is C24H31F7N2O2. The van der Waals surface area contributed by atoms with Crippen molar-refractivity contribution in [1.29, 1.82) is 0 Å². The van der Waals surface area contributed by atoms with E-state index in [2.05, 4.69) is 10.6 Å². The third-order valence-electron chi connectivity index (χ3n) is 7.30. The quantitative estimate of drug-likeness (QED) is 0.495. The predicted octanol–water partition coefficient (Wildman–Crippen LogP) is 5.50. The first-order valence-corrected chi connectivity index (χ1v) is 11.7. The van der Waals surface area contributed by atoms with E-state index in [0.717, 1.165) is 0 Å². The van der Waals surface area contributed by atoms with Gasteiger partial charge in [-0.05, 0) is 54.9 Å². The monoisotopic (exact) mass is 512 g/mol. The van der Waals surface area contributed by atoms with Crippen LogP contribution in [0.1, 0.15) is 56.7 Å². The molecule has 35 heavy (non-hydrogen) atoms. The van der Waals surface area contributed by atoms with Gasteiger partial charge in [0, 0.05) is 18.6 Å². The lowest BCUT2D eigenvalue weighted by molar-refractivity contribution is -0.143. The number of nitrogens with one attached hydrogen (secondary N) is 2. The summed E-state index contributed by atoms with van der Waals surface area (Å²) in [6.07, 6.45) is -9.63. The molecule has 1 aromatic carbocycles. The van der Waals surface area contributed by atoms with E-state index in [0.29, 0.717) is 38.0 Å². The maximum atomic E-state index is 14.4. The van der Waals surface area contributed by atoms with Crippen LogP contribution in [0.3, 0.4) is 0 Å². The van der Waals surface area contributed by atoms with Gasteiger partial charge < -0.3 is 15.4 Å². The Morgan fingerprint density at radius 3 is 2.20 bits per heavy atom. The number of hydrogen-bond donors (Lipinski definition) is 2. The number of alkyl halides is 7. The van der Waals surface area contributed by atoms with Crippen LogP contribution in [0.25, 0.3) is 0 Å². The third kappa shape index (κ3) is 6.28. The Morgan fingerprint density at radius 2 is 1.69 bits per heavy atom. The largest absolute Gasteiger partial charge is 0.416 e. The van der Waals surface area contributed by atoms with Crippen LogP contribution < -0.4 is 10.6 Å². The standard InChI is InChI=1S/C24H31F7N2O2/c1-13(2)22(5-4-18(9-22)33-20-14(3)11-35-12-19(20)25)21(34)32-10-15-6-16(23(26,27)28)8-17(7-15)24(29,30)31/h6-8,13-14,18-20,33H,4-5,9-12H2,1-3H3,(H,32,34)/t14?,18-,19?,20?,22+/m1/s1. The van der Waals surface area contributed by atoms with Crippen LogP contribution in [0.5, 0.6) is 0 Å². The Balaban J connectivity index is 1.73. The molecule has 3 rings (SSSR count). The van der Waals surface area contributed by atoms with Crippen molar-refractivity contribution in [3.63, 3.8) is 0 Å². The molecule has 198 valence electrons. The summed E-state index contributed by atoms with van der Waals surface area (Å²) in [6.45, 7) is 5.54. The summed E-state index contributed by atoms with van der Waals surface area (Å²) in [6, 6.07) is 0.738. The van der Waals surface area contributed by atoms with Gasteiger partial charge in [-0.15, -0.1) is 0 Å². The molecule has 2 fully saturated rings. The van der Waals surface area contributed by atoms with Gasteiger partial charge in [0.05, 0.1) is 29.8 Å². The van der Waals surface area contributed by atoms with Gasteiger partial charge in [0.15, 0.2) is 0 Å². The fraction of sp³-hybridized carbons (Fsp3) is 0.708. The topological polar surface area (TPSA) is 50.4 Å². The summed E-state index contributed by atoms with van der Waals surface area (Å²) in [7, 11) is 0. The maximum Gasteiger partial charge on any atom is 0.416 e. The molecule has 1 aliphatic heterocycles. The number of amides is 1. The molecule has 5 atom stereocenters. The highest BCUT2D eigenvalue weighted by Gasteiger charge is 2.48. The predicted molar refractivity (Wildman–Crippen MR) is 115 cm³/mol. The molecular weight excluding hydrogens is 481 g/mol. The number of halogens is 7. The normalized spacial score (nSPS) is 30.0. The molecule has 11 heteroatoms. The highest BCUT2D eigenvalue weighted by atomic mass is 19.4. The van der Waals surface area contributed by atoms with Gasteiger partial charge in [-0.25, -0.2) is 4.39 Å². The second kappa shape index (κ2) is 10.2. The summed E-state index contributed by atoms with van der Waals surface area (Å²) in [5, 5.41) is 5.89. The van der Waals surface area contributed by atoms with Crippen molar-refractivity contribution in [3.05, 3.63) is 34.9 Å². The van der Waals surface area contributed by atoms with Crippen LogP contribution in [0.15, 0.2) is 18.2 Å². The van der Waals surface area contributed by atoms with E-state index in [1.807, 2.05) is 20.8 Å². The number of hydrogen-bond acceptors (Lipinski definition) is 3. The van der Waals surface area contributed by atoms with Gasteiger partial charge in [-0.2, -0.15) is 26.3 Å². The molecule has 0 aromatic heterocycles. The second-order valence-corrected chi connectivity index (χ2v) is 10.1. The summed E-state index contributed by atoms with van der Waals surface area (Å²) in [4.78, 5) is 13.2. The molecule has 1 amide bonds. The van der Waals surface area contributed by atoms with Crippen molar-refractivity contribution in [1.82, 2.24) is 10.6 Å². The number of benzene rings is 1. The van der Waals surface area contributed by atoms with Crippen LogP contribution in [-0.4, -0.2) is 37.4 Å². The summed E-state index contributed by atoms with van der Waals surface area (Å²) >= 11 is 0. The molecule has 1 aliphatic carbocycles. The molecule has 3 unspecified atom stereocenters. The first kappa shape index (κ1) is 27.7. The summed E-state index contributed by atoms with van der Waals surface area (Å²) in [5.74, 6) is -0.625. The van der Waals surface area contributed by atoms with Gasteiger partial charge >= 0.3 is 12.4 Å². The van der Waals surface area contributed by atoms with Gasteiger partial charge in [0.1, 0.15) is 6.17 Å². The molecule has 2 N–H and O–H groups in total. The van der Waals surface area contributed by atoms with Crippen LogP contribution in [0, 0.1) is 17.3 Å². The lowest BCUT2D eigenvalue weighted by Crippen LogP contribution is -2.53. The van der Waals surface area contributed by atoms with Crippen LogP contribution in [0.4, 0.5) is 30.7 Å². The molecule has 1 saturated carbocycles. The number of carbonyl (C=O) groups is 1. The zero-order chi connectivity index (χ0) is 26.2. The highest BCUT2D eigenvalue weighted by molar-refractivity contribution is 5.83. The smallest absolute Gasteiger partial charge is 0.378 e. The zero-order valence-electron chi connectivity index (χ0n) is 19.8. The van der Waals surface area contributed by atoms with Crippen molar-refractivity contribution >= 4 is 5.91 Å². The zero-order valence-corrected chi connectivity index (χ0v) is 19.8. The van der Waals surface area contributed by atoms with E-state index in [1.165, 1.54) is 0 Å². The van der Waals surface area contributed by atoms with Crippen molar-refractivity contribution in [2.75, 3.05) is 13.2 Å². The number of rotatable bonds is 6. The molecule has 1 heterocycles. The van der Waals surface area contributed by atoms with Gasteiger partial charge in [-0.1, -0.05) is 20.8 Å². The van der Waals surface area contributed by atoms with Crippen LogP contribution in [-0.2, 0) is 28.4 Å². The summed E-state index contributed by atoms with van der Waals surface area (Å²) < 4.78 is 98.4. The van der Waals surface area contributed by atoms with Crippen molar-refractivity contribution in [2.24, 2.45) is 17.3 Å². The molecule has 1 saturated heterocycles. The average molecular weight is 513 g/mol. The van der Waals surface area contributed by atoms with E-state index in [1.54, 1.807) is 0 Å². The van der Waals surface area contributed by atoms with Crippen molar-refractivity contribution in [3.8, 4) is 0 Å². The fourth-order valence-electron chi connectivity index (χ4n) is 5.16. The van der Waals surface area contributed by atoms with E-state index >= 15 is 0 Å². The second-order valence-electron chi connectivity index (χ2n) is 10.1. The van der Waals surface area contributed by atoms with Crippen LogP contribution in [0.2, 0.25) is 0 Å². The maximum absolute atomic E-state index is 14.4. The molecule has 4 nitrogen and oxygen atoms in total. The average Bonchev–Trinajstić information content (AvgIpc) is 3.19. The Bertz CT molecular complexity index is 861. The highest BCUT2D eigenvalue weighted by Crippen LogP contribution is 2.45. The summed E-state index contributed by atoms with van der Waals surface area (Å²) in [5.41, 5.74) is -4.01. The molecule has 0 radical (unpaired) electrons.